The molecule has 1 aromatic heterocycles. The summed E-state index contributed by atoms with van der Waals surface area (Å²) >= 11 is 4.80. The van der Waals surface area contributed by atoms with Crippen LogP contribution in [0.2, 0.25) is 0 Å². The fourth-order valence-corrected chi connectivity index (χ4v) is 3.30. The molecule has 0 aliphatic heterocycles. The van der Waals surface area contributed by atoms with Crippen molar-refractivity contribution in [3.05, 3.63) is 46.9 Å². The highest BCUT2D eigenvalue weighted by Gasteiger charge is 2.10. The zero-order chi connectivity index (χ0) is 16.2. The van der Waals surface area contributed by atoms with Gasteiger partial charge in [-0.15, -0.1) is 0 Å². The molecule has 0 atom stereocenters. The molecule has 7 heteroatoms. The predicted octanol–water partition coefficient (Wildman–Crippen LogP) is 5.10. The molecule has 1 heterocycles. The summed E-state index contributed by atoms with van der Waals surface area (Å²) in [6.45, 7) is 2.56. The molecule has 3 aromatic rings. The topological polar surface area (TPSA) is 63.2 Å². The summed E-state index contributed by atoms with van der Waals surface area (Å²) in [6, 6.07) is 12.8. The van der Waals surface area contributed by atoms with Crippen LogP contribution in [-0.2, 0) is 0 Å². The molecule has 0 saturated heterocycles. The first-order valence-corrected chi connectivity index (χ1v) is 8.62. The van der Waals surface area contributed by atoms with Crippen molar-refractivity contribution in [2.45, 2.75) is 6.92 Å². The lowest BCUT2D eigenvalue weighted by Gasteiger charge is -2.06. The minimum absolute atomic E-state index is 0.332. The van der Waals surface area contributed by atoms with Gasteiger partial charge in [0.25, 0.3) is 0 Å². The third-order valence-corrected chi connectivity index (χ3v) is 4.64. The average Bonchev–Trinajstić information content (AvgIpc) is 2.91. The molecule has 118 valence electrons. The number of thiazole rings is 1. The Kier molecular flexibility index (Phi) is 4.78. The molecule has 0 fully saturated rings. The van der Waals surface area contributed by atoms with Gasteiger partial charge in [-0.25, -0.2) is 9.78 Å². The Morgan fingerprint density at radius 1 is 1.26 bits per heavy atom. The zero-order valence-corrected chi connectivity index (χ0v) is 14.7. The van der Waals surface area contributed by atoms with Gasteiger partial charge in [-0.2, -0.15) is 0 Å². The molecule has 2 amide bonds. The number of ether oxygens (including phenoxy) is 1. The second-order valence-electron chi connectivity index (χ2n) is 4.64. The van der Waals surface area contributed by atoms with E-state index in [-0.39, 0.29) is 6.03 Å². The number of fused-ring (bicyclic) bond motifs is 1. The number of amides is 2. The van der Waals surface area contributed by atoms with Gasteiger partial charge in [0, 0.05) is 4.47 Å². The Morgan fingerprint density at radius 2 is 2.09 bits per heavy atom. The fourth-order valence-electron chi connectivity index (χ4n) is 2.03. The van der Waals surface area contributed by atoms with Gasteiger partial charge >= 0.3 is 6.03 Å². The average molecular weight is 392 g/mol. The molecule has 3 rings (SSSR count). The highest BCUT2D eigenvalue weighted by atomic mass is 79.9. The van der Waals surface area contributed by atoms with E-state index in [0.717, 1.165) is 20.4 Å². The van der Waals surface area contributed by atoms with Crippen molar-refractivity contribution in [1.82, 2.24) is 4.98 Å². The zero-order valence-electron chi connectivity index (χ0n) is 12.3. The maximum absolute atomic E-state index is 12.1. The van der Waals surface area contributed by atoms with Crippen molar-refractivity contribution < 1.29 is 9.53 Å². The van der Waals surface area contributed by atoms with Crippen LogP contribution in [0.4, 0.5) is 15.6 Å². The first-order chi connectivity index (χ1) is 11.2. The van der Waals surface area contributed by atoms with E-state index in [0.29, 0.717) is 17.4 Å². The van der Waals surface area contributed by atoms with Gasteiger partial charge in [0.1, 0.15) is 5.75 Å². The summed E-state index contributed by atoms with van der Waals surface area (Å²) in [5, 5.41) is 6.07. The van der Waals surface area contributed by atoms with Gasteiger partial charge in [0.15, 0.2) is 5.13 Å². The highest BCUT2D eigenvalue weighted by Crippen LogP contribution is 2.29. The molecule has 0 saturated carbocycles. The van der Waals surface area contributed by atoms with Crippen LogP contribution < -0.4 is 15.4 Å². The number of nitrogens with one attached hydrogen (secondary N) is 2. The number of hydrogen-bond acceptors (Lipinski definition) is 4. The largest absolute Gasteiger partial charge is 0.494 e. The maximum Gasteiger partial charge on any atom is 0.325 e. The first kappa shape index (κ1) is 15.8. The van der Waals surface area contributed by atoms with E-state index in [2.05, 4.69) is 31.5 Å². The van der Waals surface area contributed by atoms with Crippen LogP contribution >= 0.6 is 27.3 Å². The maximum atomic E-state index is 12.1. The Hall–Kier alpha value is -2.12. The number of carbonyl (C=O) groups excluding carboxylic acids is 1. The number of urea groups is 1. The number of nitrogens with zero attached hydrogens (tertiary/aromatic N) is 1. The van der Waals surface area contributed by atoms with Crippen LogP contribution in [0.1, 0.15) is 6.92 Å². The minimum Gasteiger partial charge on any atom is -0.494 e. The number of hydrogen-bond donors (Lipinski definition) is 2. The number of aromatic nitrogens is 1. The van der Waals surface area contributed by atoms with E-state index in [1.165, 1.54) is 11.3 Å². The number of halogens is 1. The van der Waals surface area contributed by atoms with Gasteiger partial charge in [0.05, 0.1) is 22.5 Å². The smallest absolute Gasteiger partial charge is 0.325 e. The number of para-hydroxylation sites is 1. The number of benzene rings is 2. The van der Waals surface area contributed by atoms with Crippen LogP contribution in [0.25, 0.3) is 10.2 Å². The number of anilines is 2. The van der Waals surface area contributed by atoms with Crippen molar-refractivity contribution >= 4 is 54.3 Å². The third-order valence-electron chi connectivity index (χ3n) is 3.01. The number of carbonyl (C=O) groups is 1. The standard InChI is InChI=1S/C16H14BrN3O2S/c1-2-22-10-7-8-13-14(9-10)23-16(19-13)20-15(21)18-12-6-4-3-5-11(12)17/h3-9H,2H2,1H3,(H2,18,19,20,21). The number of rotatable bonds is 4. The molecular weight excluding hydrogens is 378 g/mol. The summed E-state index contributed by atoms with van der Waals surface area (Å²) < 4.78 is 7.26. The lowest BCUT2D eigenvalue weighted by molar-refractivity contribution is 0.262. The monoisotopic (exact) mass is 391 g/mol. The molecule has 0 aliphatic rings. The molecule has 0 bridgehead atoms. The summed E-state index contributed by atoms with van der Waals surface area (Å²) in [4.78, 5) is 16.5. The Bertz CT molecular complexity index is 850. The molecule has 5 nitrogen and oxygen atoms in total. The molecule has 2 N–H and O–H groups in total. The molecule has 0 radical (unpaired) electrons. The molecule has 2 aromatic carbocycles. The Morgan fingerprint density at radius 3 is 2.87 bits per heavy atom. The van der Waals surface area contributed by atoms with E-state index < -0.39 is 0 Å². The minimum atomic E-state index is -0.332. The normalized spacial score (nSPS) is 10.5. The second kappa shape index (κ2) is 6.97. The Balaban J connectivity index is 1.73. The molecule has 0 aliphatic carbocycles. The van der Waals surface area contributed by atoms with Crippen LogP contribution in [0.3, 0.4) is 0 Å². The molecule has 23 heavy (non-hydrogen) atoms. The summed E-state index contributed by atoms with van der Waals surface area (Å²) in [5.74, 6) is 0.799. The van der Waals surface area contributed by atoms with Crippen molar-refractivity contribution in [2.75, 3.05) is 17.2 Å². The van der Waals surface area contributed by atoms with Crippen molar-refractivity contribution in [2.24, 2.45) is 0 Å². The molecule has 0 unspecified atom stereocenters. The lowest BCUT2D eigenvalue weighted by atomic mass is 10.3. The van der Waals surface area contributed by atoms with Crippen molar-refractivity contribution in [3.8, 4) is 5.75 Å². The van der Waals surface area contributed by atoms with Crippen LogP contribution in [0.5, 0.6) is 5.75 Å². The van der Waals surface area contributed by atoms with Gasteiger partial charge in [-0.3, -0.25) is 5.32 Å². The quantitative estimate of drug-likeness (QED) is 0.649. The van der Waals surface area contributed by atoms with Crippen molar-refractivity contribution in [1.29, 1.82) is 0 Å². The second-order valence-corrected chi connectivity index (χ2v) is 6.53. The fraction of sp³-hybridized carbons (Fsp3) is 0.125. The van der Waals surface area contributed by atoms with Gasteiger partial charge < -0.3 is 10.1 Å². The van der Waals surface area contributed by atoms with Crippen LogP contribution in [-0.4, -0.2) is 17.6 Å². The van der Waals surface area contributed by atoms with Crippen LogP contribution in [0, 0.1) is 0 Å². The van der Waals surface area contributed by atoms with Crippen LogP contribution in [0.15, 0.2) is 46.9 Å². The van der Waals surface area contributed by atoms with E-state index >= 15 is 0 Å². The van der Waals surface area contributed by atoms with E-state index in [9.17, 15) is 4.79 Å². The van der Waals surface area contributed by atoms with Crippen molar-refractivity contribution in [3.63, 3.8) is 0 Å². The first-order valence-electron chi connectivity index (χ1n) is 7.01. The third kappa shape index (κ3) is 3.80. The van der Waals surface area contributed by atoms with E-state index in [1.54, 1.807) is 0 Å². The lowest BCUT2D eigenvalue weighted by Crippen LogP contribution is -2.19. The van der Waals surface area contributed by atoms with Gasteiger partial charge in [-0.1, -0.05) is 23.5 Å². The molecule has 0 spiro atoms. The van der Waals surface area contributed by atoms with Gasteiger partial charge in [-0.05, 0) is 53.2 Å². The molecular formula is C16H14BrN3O2S. The Labute approximate surface area is 145 Å². The summed E-state index contributed by atoms with van der Waals surface area (Å²) in [6.07, 6.45) is 0. The van der Waals surface area contributed by atoms with Gasteiger partial charge in [0.2, 0.25) is 0 Å². The SMILES string of the molecule is CCOc1ccc2nc(NC(=O)Nc3ccccc3Br)sc2c1. The van der Waals surface area contributed by atoms with E-state index in [1.807, 2.05) is 49.4 Å². The summed E-state index contributed by atoms with van der Waals surface area (Å²) in [5.41, 5.74) is 1.53. The predicted molar refractivity (Wildman–Crippen MR) is 97.6 cm³/mol. The van der Waals surface area contributed by atoms with E-state index in [4.69, 9.17) is 4.74 Å². The summed E-state index contributed by atoms with van der Waals surface area (Å²) in [7, 11) is 0. The highest BCUT2D eigenvalue weighted by molar-refractivity contribution is 9.10.